The smallest absolute Gasteiger partial charge is 0.273 e. The van der Waals surface area contributed by atoms with Crippen molar-refractivity contribution in [3.8, 4) is 11.3 Å². The van der Waals surface area contributed by atoms with Crippen LogP contribution in [0.25, 0.3) is 11.3 Å². The molecule has 1 aromatic carbocycles. The highest BCUT2D eigenvalue weighted by Gasteiger charge is 2.19. The summed E-state index contributed by atoms with van der Waals surface area (Å²) in [6.45, 7) is 8.05. The van der Waals surface area contributed by atoms with Gasteiger partial charge in [-0.15, -0.1) is 0 Å². The first-order valence-corrected chi connectivity index (χ1v) is 8.60. The fraction of sp³-hybridized carbons (Fsp3) is 0.263. The monoisotopic (exact) mass is 366 g/mol. The molecule has 0 aliphatic carbocycles. The van der Waals surface area contributed by atoms with Gasteiger partial charge in [-0.2, -0.15) is 10.2 Å². The van der Waals surface area contributed by atoms with Gasteiger partial charge in [0.1, 0.15) is 5.69 Å². The van der Waals surface area contributed by atoms with Gasteiger partial charge in [0.15, 0.2) is 0 Å². The number of primary amides is 1. The lowest BCUT2D eigenvalue weighted by Gasteiger charge is -2.07. The second kappa shape index (κ2) is 7.06. The maximum absolute atomic E-state index is 12.5. The average molecular weight is 366 g/mol. The van der Waals surface area contributed by atoms with Crippen molar-refractivity contribution < 1.29 is 9.59 Å². The molecule has 0 fully saturated rings. The SMILES string of the molecule is Cc1nn(C(C)C)c(C)c1-c1cc(C(=O)Nc2ccc(C(N)=O)cc2)[nH]n1. The van der Waals surface area contributed by atoms with E-state index in [0.29, 0.717) is 22.6 Å². The van der Waals surface area contributed by atoms with Crippen LogP contribution in [0.1, 0.15) is 52.1 Å². The number of hydrogen-bond acceptors (Lipinski definition) is 4. The molecular formula is C19H22N6O2. The van der Waals surface area contributed by atoms with Crippen molar-refractivity contribution in [2.24, 2.45) is 5.73 Å². The van der Waals surface area contributed by atoms with Crippen LogP contribution in [0, 0.1) is 13.8 Å². The van der Waals surface area contributed by atoms with Crippen LogP contribution in [0.3, 0.4) is 0 Å². The summed E-state index contributed by atoms with van der Waals surface area (Å²) in [5, 5.41) is 14.4. The number of carbonyl (C=O) groups is 2. The van der Waals surface area contributed by atoms with Gasteiger partial charge in [0.05, 0.1) is 11.4 Å². The van der Waals surface area contributed by atoms with Crippen LogP contribution in [-0.4, -0.2) is 31.8 Å². The molecule has 0 aliphatic rings. The van der Waals surface area contributed by atoms with Crippen LogP contribution >= 0.6 is 0 Å². The predicted molar refractivity (Wildman–Crippen MR) is 103 cm³/mol. The van der Waals surface area contributed by atoms with Crippen LogP contribution in [0.4, 0.5) is 5.69 Å². The summed E-state index contributed by atoms with van der Waals surface area (Å²) >= 11 is 0. The molecule has 4 N–H and O–H groups in total. The van der Waals surface area contributed by atoms with Crippen molar-refractivity contribution in [2.45, 2.75) is 33.7 Å². The van der Waals surface area contributed by atoms with Gasteiger partial charge in [-0.3, -0.25) is 19.4 Å². The first-order chi connectivity index (χ1) is 12.8. The molecule has 0 spiro atoms. The van der Waals surface area contributed by atoms with Gasteiger partial charge in [0, 0.05) is 28.6 Å². The number of anilines is 1. The van der Waals surface area contributed by atoms with Crippen LogP contribution in [0.15, 0.2) is 30.3 Å². The quantitative estimate of drug-likeness (QED) is 0.643. The lowest BCUT2D eigenvalue weighted by atomic mass is 10.1. The van der Waals surface area contributed by atoms with Gasteiger partial charge < -0.3 is 11.1 Å². The number of aromatic amines is 1. The van der Waals surface area contributed by atoms with E-state index in [9.17, 15) is 9.59 Å². The Morgan fingerprint density at radius 3 is 2.41 bits per heavy atom. The number of nitrogens with zero attached hydrogens (tertiary/aromatic N) is 3. The van der Waals surface area contributed by atoms with Crippen LogP contribution in [-0.2, 0) is 0 Å². The Morgan fingerprint density at radius 2 is 1.85 bits per heavy atom. The third kappa shape index (κ3) is 3.59. The summed E-state index contributed by atoms with van der Waals surface area (Å²) in [5.74, 6) is -0.842. The second-order valence-corrected chi connectivity index (χ2v) is 6.65. The van der Waals surface area contributed by atoms with E-state index in [-0.39, 0.29) is 11.9 Å². The zero-order chi connectivity index (χ0) is 19.7. The first-order valence-electron chi connectivity index (χ1n) is 8.60. The van der Waals surface area contributed by atoms with E-state index >= 15 is 0 Å². The second-order valence-electron chi connectivity index (χ2n) is 6.65. The van der Waals surface area contributed by atoms with Gasteiger partial charge in [-0.1, -0.05) is 0 Å². The summed E-state index contributed by atoms with van der Waals surface area (Å²) in [5.41, 5.74) is 9.94. The van der Waals surface area contributed by atoms with E-state index in [1.54, 1.807) is 30.3 Å². The topological polar surface area (TPSA) is 119 Å². The number of benzene rings is 1. The number of nitrogens with two attached hydrogens (primary N) is 1. The Hall–Kier alpha value is -3.42. The molecular weight excluding hydrogens is 344 g/mol. The number of aromatic nitrogens is 4. The summed E-state index contributed by atoms with van der Waals surface area (Å²) < 4.78 is 1.94. The predicted octanol–water partition coefficient (Wildman–Crippen LogP) is 2.82. The molecule has 2 heterocycles. The van der Waals surface area contributed by atoms with E-state index in [2.05, 4.69) is 34.5 Å². The molecule has 0 bridgehead atoms. The molecule has 2 aromatic heterocycles. The lowest BCUT2D eigenvalue weighted by Crippen LogP contribution is -2.13. The third-order valence-electron chi connectivity index (χ3n) is 4.32. The molecule has 8 heteroatoms. The third-order valence-corrected chi connectivity index (χ3v) is 4.32. The van der Waals surface area contributed by atoms with E-state index < -0.39 is 5.91 Å². The van der Waals surface area contributed by atoms with Crippen molar-refractivity contribution in [1.29, 1.82) is 0 Å². The molecule has 140 valence electrons. The molecule has 0 atom stereocenters. The summed E-state index contributed by atoms with van der Waals surface area (Å²) in [7, 11) is 0. The van der Waals surface area contributed by atoms with Crippen LogP contribution in [0.2, 0.25) is 0 Å². The highest BCUT2D eigenvalue weighted by atomic mass is 16.2. The molecule has 0 saturated heterocycles. The van der Waals surface area contributed by atoms with Crippen molar-refractivity contribution >= 4 is 17.5 Å². The van der Waals surface area contributed by atoms with Gasteiger partial charge >= 0.3 is 0 Å². The van der Waals surface area contributed by atoms with Crippen molar-refractivity contribution in [2.75, 3.05) is 5.32 Å². The molecule has 0 radical (unpaired) electrons. The first kappa shape index (κ1) is 18.4. The molecule has 3 rings (SSSR count). The fourth-order valence-corrected chi connectivity index (χ4v) is 3.02. The average Bonchev–Trinajstić information content (AvgIpc) is 3.20. The highest BCUT2D eigenvalue weighted by molar-refractivity contribution is 6.03. The largest absolute Gasteiger partial charge is 0.366 e. The number of carbonyl (C=O) groups excluding carboxylic acids is 2. The van der Waals surface area contributed by atoms with E-state index in [1.165, 1.54) is 0 Å². The fourth-order valence-electron chi connectivity index (χ4n) is 3.02. The lowest BCUT2D eigenvalue weighted by molar-refractivity contribution is 0.0998. The van der Waals surface area contributed by atoms with Gasteiger partial charge in [-0.05, 0) is 58.0 Å². The standard InChI is InChI=1S/C19H22N6O2/c1-10(2)25-12(4)17(11(3)24-25)15-9-16(23-22-15)19(27)21-14-7-5-13(6-8-14)18(20)26/h5-10H,1-4H3,(H2,20,26)(H,21,27)(H,22,23). The van der Waals surface area contributed by atoms with E-state index in [0.717, 1.165) is 17.0 Å². The Kier molecular flexibility index (Phi) is 4.81. The minimum absolute atomic E-state index is 0.238. The Labute approximate surface area is 156 Å². The number of nitrogens with one attached hydrogen (secondary N) is 2. The molecule has 0 saturated carbocycles. The number of aryl methyl sites for hydroxylation is 1. The van der Waals surface area contributed by atoms with Crippen LogP contribution < -0.4 is 11.1 Å². The Morgan fingerprint density at radius 1 is 1.19 bits per heavy atom. The zero-order valence-electron chi connectivity index (χ0n) is 15.7. The Balaban J connectivity index is 1.81. The number of hydrogen-bond donors (Lipinski definition) is 3. The molecule has 2 amide bonds. The van der Waals surface area contributed by atoms with Crippen molar-refractivity contribution in [1.82, 2.24) is 20.0 Å². The maximum atomic E-state index is 12.5. The maximum Gasteiger partial charge on any atom is 0.273 e. The molecule has 8 nitrogen and oxygen atoms in total. The molecule has 0 aliphatic heterocycles. The van der Waals surface area contributed by atoms with Gasteiger partial charge in [0.2, 0.25) is 5.91 Å². The van der Waals surface area contributed by atoms with Gasteiger partial charge in [-0.25, -0.2) is 0 Å². The molecule has 27 heavy (non-hydrogen) atoms. The van der Waals surface area contributed by atoms with Crippen LogP contribution in [0.5, 0.6) is 0 Å². The normalized spacial score (nSPS) is 11.0. The van der Waals surface area contributed by atoms with Crippen molar-refractivity contribution in [3.05, 3.63) is 53.0 Å². The molecule has 3 aromatic rings. The number of H-pyrrole nitrogens is 1. The minimum atomic E-state index is -0.515. The minimum Gasteiger partial charge on any atom is -0.366 e. The van der Waals surface area contributed by atoms with E-state index in [4.69, 9.17) is 5.73 Å². The molecule has 0 unspecified atom stereocenters. The van der Waals surface area contributed by atoms with Gasteiger partial charge in [0.25, 0.3) is 5.91 Å². The van der Waals surface area contributed by atoms with E-state index in [1.807, 2.05) is 18.5 Å². The zero-order valence-corrected chi connectivity index (χ0v) is 15.7. The number of amides is 2. The summed E-state index contributed by atoms with van der Waals surface area (Å²) in [6, 6.07) is 8.30. The summed E-state index contributed by atoms with van der Waals surface area (Å²) in [4.78, 5) is 23.6. The Bertz CT molecular complexity index is 998. The van der Waals surface area contributed by atoms with Crippen molar-refractivity contribution in [3.63, 3.8) is 0 Å². The number of rotatable bonds is 5. The highest BCUT2D eigenvalue weighted by Crippen LogP contribution is 2.27. The summed E-state index contributed by atoms with van der Waals surface area (Å²) in [6.07, 6.45) is 0.